The van der Waals surface area contributed by atoms with Crippen LogP contribution in [0.25, 0.3) is 11.1 Å². The SMILES string of the molecule is CN1CCC(OC(=O)Nc2cc(OCCCCCCCCCO[Si](C)(C)C(C)(C)C)ccc2-c2ccccc2)CC1. The number of carbonyl (C=O) groups excluding carboxylic acids is 1. The Labute approximate surface area is 250 Å². The van der Waals surface area contributed by atoms with Gasteiger partial charge in [0.05, 0.1) is 12.3 Å². The van der Waals surface area contributed by atoms with Crippen LogP contribution >= 0.6 is 0 Å². The Balaban J connectivity index is 1.39. The lowest BCUT2D eigenvalue weighted by Crippen LogP contribution is -2.40. The van der Waals surface area contributed by atoms with Crippen molar-refractivity contribution in [2.45, 2.75) is 103 Å². The van der Waals surface area contributed by atoms with Crippen LogP contribution in [0.1, 0.15) is 78.6 Å². The van der Waals surface area contributed by atoms with Crippen molar-refractivity contribution in [3.05, 3.63) is 48.5 Å². The molecule has 1 aliphatic heterocycles. The molecule has 2 aromatic rings. The summed E-state index contributed by atoms with van der Waals surface area (Å²) in [5.74, 6) is 0.765. The number of rotatable bonds is 15. The zero-order chi connectivity index (χ0) is 29.7. The van der Waals surface area contributed by atoms with Gasteiger partial charge in [-0.15, -0.1) is 0 Å². The van der Waals surface area contributed by atoms with E-state index in [1.807, 2.05) is 48.5 Å². The van der Waals surface area contributed by atoms with Gasteiger partial charge in [-0.1, -0.05) is 83.2 Å². The Morgan fingerprint density at radius 2 is 1.51 bits per heavy atom. The van der Waals surface area contributed by atoms with E-state index in [1.165, 1.54) is 25.7 Å². The lowest BCUT2D eigenvalue weighted by Gasteiger charge is -2.36. The Bertz CT molecular complexity index is 1050. The van der Waals surface area contributed by atoms with E-state index in [1.54, 1.807) is 0 Å². The molecule has 3 rings (SSSR count). The van der Waals surface area contributed by atoms with Gasteiger partial charge in [-0.25, -0.2) is 4.79 Å². The van der Waals surface area contributed by atoms with Gasteiger partial charge >= 0.3 is 6.09 Å². The molecule has 0 atom stereocenters. The van der Waals surface area contributed by atoms with Crippen molar-refractivity contribution < 1.29 is 18.7 Å². The molecule has 1 heterocycles. The molecule has 0 aliphatic carbocycles. The molecule has 6 nitrogen and oxygen atoms in total. The second-order valence-electron chi connectivity index (χ2n) is 13.0. The molecule has 228 valence electrons. The number of ether oxygens (including phenoxy) is 2. The highest BCUT2D eigenvalue weighted by atomic mass is 28.4. The number of nitrogens with zero attached hydrogens (tertiary/aromatic N) is 1. The highest BCUT2D eigenvalue weighted by Crippen LogP contribution is 2.36. The van der Waals surface area contributed by atoms with Crippen LogP contribution in [-0.4, -0.2) is 58.8 Å². The number of unbranched alkanes of at least 4 members (excludes halogenated alkanes) is 6. The van der Waals surface area contributed by atoms with Gasteiger partial charge in [-0.2, -0.15) is 0 Å². The van der Waals surface area contributed by atoms with Crippen LogP contribution in [0.5, 0.6) is 5.75 Å². The van der Waals surface area contributed by atoms with Gasteiger partial charge in [0.1, 0.15) is 11.9 Å². The summed E-state index contributed by atoms with van der Waals surface area (Å²) in [6.07, 6.45) is 9.65. The van der Waals surface area contributed by atoms with E-state index in [9.17, 15) is 4.79 Å². The molecule has 0 unspecified atom stereocenters. The van der Waals surface area contributed by atoms with Gasteiger partial charge in [0.25, 0.3) is 0 Å². The zero-order valence-corrected chi connectivity index (χ0v) is 27.5. The van der Waals surface area contributed by atoms with Crippen LogP contribution in [0.2, 0.25) is 18.1 Å². The van der Waals surface area contributed by atoms with Crippen LogP contribution in [0, 0.1) is 0 Å². The van der Waals surface area contributed by atoms with E-state index in [0.29, 0.717) is 12.3 Å². The second kappa shape index (κ2) is 16.3. The van der Waals surface area contributed by atoms with Crippen molar-refractivity contribution in [2.24, 2.45) is 0 Å². The van der Waals surface area contributed by atoms with E-state index in [2.05, 4.69) is 51.1 Å². The summed E-state index contributed by atoms with van der Waals surface area (Å²) in [5, 5.41) is 3.29. The lowest BCUT2D eigenvalue weighted by atomic mass is 10.0. The third-order valence-electron chi connectivity index (χ3n) is 8.58. The van der Waals surface area contributed by atoms with E-state index in [4.69, 9.17) is 13.9 Å². The molecule has 1 fully saturated rings. The standard InChI is InChI=1S/C34H54N2O4Si/c1-34(2,3)41(5,6)39-26-16-11-9-7-8-10-15-25-38-30-19-20-31(28-17-13-12-14-18-28)32(27-30)35-33(37)40-29-21-23-36(4)24-22-29/h12-14,17-20,27,29H,7-11,15-16,21-26H2,1-6H3,(H,35,37). The minimum atomic E-state index is -1.61. The first kappa shape index (κ1) is 33.2. The smallest absolute Gasteiger partial charge is 0.411 e. The van der Waals surface area contributed by atoms with Gasteiger partial charge in [-0.3, -0.25) is 5.32 Å². The van der Waals surface area contributed by atoms with E-state index >= 15 is 0 Å². The third-order valence-corrected chi connectivity index (χ3v) is 13.1. The highest BCUT2D eigenvalue weighted by molar-refractivity contribution is 6.74. The van der Waals surface area contributed by atoms with Gasteiger partial charge in [-0.05, 0) is 68.6 Å². The van der Waals surface area contributed by atoms with Gasteiger partial charge < -0.3 is 18.8 Å². The number of amides is 1. The number of carbonyl (C=O) groups is 1. The quantitative estimate of drug-likeness (QED) is 0.168. The lowest BCUT2D eigenvalue weighted by molar-refractivity contribution is 0.0662. The molecule has 0 spiro atoms. The maximum atomic E-state index is 12.8. The summed E-state index contributed by atoms with van der Waals surface area (Å²) in [7, 11) is 0.490. The molecular weight excluding hydrogens is 528 g/mol. The normalized spacial score (nSPS) is 15.1. The van der Waals surface area contributed by atoms with Gasteiger partial charge in [0, 0.05) is 31.3 Å². The van der Waals surface area contributed by atoms with Crippen molar-refractivity contribution in [3.8, 4) is 16.9 Å². The summed E-state index contributed by atoms with van der Waals surface area (Å²) in [4.78, 5) is 15.1. The minimum Gasteiger partial charge on any atom is -0.494 e. The molecule has 0 aromatic heterocycles. The van der Waals surface area contributed by atoms with Crippen molar-refractivity contribution in [2.75, 3.05) is 38.7 Å². The summed E-state index contributed by atoms with van der Waals surface area (Å²) >= 11 is 0. The largest absolute Gasteiger partial charge is 0.494 e. The third kappa shape index (κ3) is 11.4. The molecule has 1 amide bonds. The summed E-state index contributed by atoms with van der Waals surface area (Å²) in [6.45, 7) is 15.0. The molecule has 1 N–H and O–H groups in total. The average molecular weight is 583 g/mol. The molecule has 0 radical (unpaired) electrons. The summed E-state index contributed by atoms with van der Waals surface area (Å²) in [6, 6.07) is 16.0. The summed E-state index contributed by atoms with van der Waals surface area (Å²) in [5.41, 5.74) is 2.71. The first-order valence-corrected chi connectivity index (χ1v) is 18.6. The number of nitrogens with one attached hydrogen (secondary N) is 1. The maximum Gasteiger partial charge on any atom is 0.411 e. The fraction of sp³-hybridized carbons (Fsp3) is 0.618. The number of hydrogen-bond acceptors (Lipinski definition) is 5. The van der Waals surface area contributed by atoms with E-state index in [-0.39, 0.29) is 11.1 Å². The molecule has 41 heavy (non-hydrogen) atoms. The van der Waals surface area contributed by atoms with Gasteiger partial charge in [0.2, 0.25) is 0 Å². The number of hydrogen-bond donors (Lipinski definition) is 1. The molecule has 1 aliphatic rings. The fourth-order valence-electron chi connectivity index (χ4n) is 4.80. The molecule has 0 bridgehead atoms. The Hall–Kier alpha value is -2.35. The van der Waals surface area contributed by atoms with Crippen LogP contribution < -0.4 is 10.1 Å². The second-order valence-corrected chi connectivity index (χ2v) is 17.8. The van der Waals surface area contributed by atoms with Crippen molar-refractivity contribution >= 4 is 20.1 Å². The Kier molecular flexibility index (Phi) is 13.2. The van der Waals surface area contributed by atoms with E-state index in [0.717, 1.165) is 68.7 Å². The highest BCUT2D eigenvalue weighted by Gasteiger charge is 2.36. The predicted molar refractivity (Wildman–Crippen MR) is 173 cm³/mol. The van der Waals surface area contributed by atoms with Crippen LogP contribution in [-0.2, 0) is 9.16 Å². The topological polar surface area (TPSA) is 60.0 Å². The monoisotopic (exact) mass is 582 g/mol. The number of piperidine rings is 1. The first-order valence-electron chi connectivity index (χ1n) is 15.7. The number of anilines is 1. The Morgan fingerprint density at radius 1 is 0.902 bits per heavy atom. The van der Waals surface area contributed by atoms with Crippen molar-refractivity contribution in [1.82, 2.24) is 4.90 Å². The molecule has 1 saturated heterocycles. The van der Waals surface area contributed by atoms with E-state index < -0.39 is 14.4 Å². The molecule has 7 heteroatoms. The van der Waals surface area contributed by atoms with Crippen molar-refractivity contribution in [1.29, 1.82) is 0 Å². The molecular formula is C34H54N2O4Si. The van der Waals surface area contributed by atoms with Crippen LogP contribution in [0.4, 0.5) is 10.5 Å². The zero-order valence-electron chi connectivity index (χ0n) is 26.5. The number of likely N-dealkylation sites (tertiary alicyclic amines) is 1. The predicted octanol–water partition coefficient (Wildman–Crippen LogP) is 9.13. The average Bonchev–Trinajstić information content (AvgIpc) is 2.93. The van der Waals surface area contributed by atoms with Crippen LogP contribution in [0.15, 0.2) is 48.5 Å². The molecule has 0 saturated carbocycles. The first-order chi connectivity index (χ1) is 19.5. The fourth-order valence-corrected chi connectivity index (χ4v) is 5.89. The van der Waals surface area contributed by atoms with Crippen molar-refractivity contribution in [3.63, 3.8) is 0 Å². The maximum absolute atomic E-state index is 12.8. The minimum absolute atomic E-state index is 0.0404. The Morgan fingerprint density at radius 3 is 2.15 bits per heavy atom. The van der Waals surface area contributed by atoms with Gasteiger partial charge in [0.15, 0.2) is 8.32 Å². The number of benzene rings is 2. The van der Waals surface area contributed by atoms with Crippen LogP contribution in [0.3, 0.4) is 0 Å². The summed E-state index contributed by atoms with van der Waals surface area (Å²) < 4.78 is 18.1. The molecule has 2 aromatic carbocycles.